The highest BCUT2D eigenvalue weighted by Crippen LogP contribution is 2.29. The van der Waals surface area contributed by atoms with Crippen LogP contribution < -0.4 is 5.32 Å². The van der Waals surface area contributed by atoms with Crippen LogP contribution in [0.5, 0.6) is 0 Å². The predicted octanol–water partition coefficient (Wildman–Crippen LogP) is 5.69. The summed E-state index contributed by atoms with van der Waals surface area (Å²) in [5.41, 5.74) is 2.91. The Balaban J connectivity index is 1.85. The topological polar surface area (TPSA) is 27.8 Å². The standard InChI is InChI=1S/C15H11Cl2IN2/c16-11-7-9(18)5-6-13(11)19-8-14-15(17)10-3-1-2-4-12(10)20-14/h1-7,19-20H,8H2. The second-order valence-electron chi connectivity index (χ2n) is 4.44. The van der Waals surface area contributed by atoms with Crippen molar-refractivity contribution in [2.24, 2.45) is 0 Å². The Labute approximate surface area is 140 Å². The summed E-state index contributed by atoms with van der Waals surface area (Å²) >= 11 is 14.8. The van der Waals surface area contributed by atoms with Crippen LogP contribution in [0.3, 0.4) is 0 Å². The van der Waals surface area contributed by atoms with Crippen LogP contribution in [0.1, 0.15) is 5.69 Å². The van der Waals surface area contributed by atoms with Crippen molar-refractivity contribution in [1.29, 1.82) is 0 Å². The van der Waals surface area contributed by atoms with Gasteiger partial charge in [-0.25, -0.2) is 0 Å². The normalized spacial score (nSPS) is 10.9. The lowest BCUT2D eigenvalue weighted by molar-refractivity contribution is 1.09. The lowest BCUT2D eigenvalue weighted by atomic mass is 10.2. The van der Waals surface area contributed by atoms with E-state index in [0.717, 1.165) is 30.9 Å². The number of anilines is 1. The van der Waals surface area contributed by atoms with Gasteiger partial charge in [-0.1, -0.05) is 41.4 Å². The van der Waals surface area contributed by atoms with E-state index in [4.69, 9.17) is 23.2 Å². The van der Waals surface area contributed by atoms with Crippen molar-refractivity contribution in [3.8, 4) is 0 Å². The smallest absolute Gasteiger partial charge is 0.0710 e. The summed E-state index contributed by atoms with van der Waals surface area (Å²) in [6.07, 6.45) is 0. The van der Waals surface area contributed by atoms with Gasteiger partial charge in [0.2, 0.25) is 0 Å². The fourth-order valence-corrected chi connectivity index (χ4v) is 3.30. The largest absolute Gasteiger partial charge is 0.378 e. The molecule has 0 saturated heterocycles. The highest BCUT2D eigenvalue weighted by molar-refractivity contribution is 14.1. The summed E-state index contributed by atoms with van der Waals surface area (Å²) in [4.78, 5) is 3.33. The zero-order valence-corrected chi connectivity index (χ0v) is 14.1. The molecule has 0 atom stereocenters. The molecule has 1 aromatic heterocycles. The maximum absolute atomic E-state index is 6.38. The lowest BCUT2D eigenvalue weighted by Crippen LogP contribution is -2.00. The van der Waals surface area contributed by atoms with Crippen LogP contribution in [-0.4, -0.2) is 4.98 Å². The van der Waals surface area contributed by atoms with Crippen LogP contribution in [0.25, 0.3) is 10.9 Å². The molecular formula is C15H11Cl2IN2. The van der Waals surface area contributed by atoms with E-state index in [-0.39, 0.29) is 0 Å². The van der Waals surface area contributed by atoms with E-state index in [1.807, 2.05) is 42.5 Å². The Kier molecular flexibility index (Phi) is 4.10. The molecule has 0 bridgehead atoms. The van der Waals surface area contributed by atoms with Crippen molar-refractivity contribution < 1.29 is 0 Å². The number of hydrogen-bond acceptors (Lipinski definition) is 1. The van der Waals surface area contributed by atoms with Crippen LogP contribution in [0.2, 0.25) is 10.0 Å². The number of benzene rings is 2. The van der Waals surface area contributed by atoms with Crippen LogP contribution in [-0.2, 0) is 6.54 Å². The first-order valence-electron chi connectivity index (χ1n) is 6.09. The number of hydrogen-bond donors (Lipinski definition) is 2. The van der Waals surface area contributed by atoms with Gasteiger partial charge in [0, 0.05) is 14.5 Å². The minimum Gasteiger partial charge on any atom is -0.378 e. The number of fused-ring (bicyclic) bond motifs is 1. The summed E-state index contributed by atoms with van der Waals surface area (Å²) < 4.78 is 1.11. The SMILES string of the molecule is Clc1cc(I)ccc1NCc1[nH]c2ccccc2c1Cl. The second-order valence-corrected chi connectivity index (χ2v) is 6.47. The third-order valence-corrected chi connectivity index (χ3v) is 4.52. The van der Waals surface area contributed by atoms with E-state index in [1.54, 1.807) is 0 Å². The first-order valence-corrected chi connectivity index (χ1v) is 7.92. The van der Waals surface area contributed by atoms with E-state index in [2.05, 4.69) is 32.9 Å². The molecule has 2 N–H and O–H groups in total. The Hall–Kier alpha value is -0.910. The zero-order valence-electron chi connectivity index (χ0n) is 10.4. The molecule has 0 unspecified atom stereocenters. The summed E-state index contributed by atoms with van der Waals surface area (Å²) in [5.74, 6) is 0. The van der Waals surface area contributed by atoms with Gasteiger partial charge in [-0.2, -0.15) is 0 Å². The molecule has 2 nitrogen and oxygen atoms in total. The number of para-hydroxylation sites is 1. The van der Waals surface area contributed by atoms with Crippen molar-refractivity contribution in [3.05, 3.63) is 61.8 Å². The molecule has 0 fully saturated rings. The van der Waals surface area contributed by atoms with Gasteiger partial charge < -0.3 is 10.3 Å². The average Bonchev–Trinajstić information content (AvgIpc) is 2.75. The van der Waals surface area contributed by atoms with E-state index >= 15 is 0 Å². The molecule has 0 aliphatic rings. The van der Waals surface area contributed by atoms with Crippen LogP contribution in [0, 0.1) is 3.57 Å². The molecule has 2 aromatic carbocycles. The van der Waals surface area contributed by atoms with Crippen LogP contribution in [0.15, 0.2) is 42.5 Å². The highest BCUT2D eigenvalue weighted by Gasteiger charge is 2.09. The molecule has 3 rings (SSSR count). The number of H-pyrrole nitrogens is 1. The summed E-state index contributed by atoms with van der Waals surface area (Å²) in [7, 11) is 0. The molecule has 0 amide bonds. The number of rotatable bonds is 3. The number of nitrogens with one attached hydrogen (secondary N) is 2. The van der Waals surface area contributed by atoms with Gasteiger partial charge in [-0.05, 0) is 46.9 Å². The molecule has 0 saturated carbocycles. The van der Waals surface area contributed by atoms with Crippen LogP contribution in [0.4, 0.5) is 5.69 Å². The number of aromatic nitrogens is 1. The minimum atomic E-state index is 0.605. The fraction of sp³-hybridized carbons (Fsp3) is 0.0667. The van der Waals surface area contributed by atoms with E-state index in [1.165, 1.54) is 0 Å². The molecule has 0 spiro atoms. The average molecular weight is 417 g/mol. The van der Waals surface area contributed by atoms with Crippen molar-refractivity contribution in [2.45, 2.75) is 6.54 Å². The monoisotopic (exact) mass is 416 g/mol. The third kappa shape index (κ3) is 2.75. The molecule has 102 valence electrons. The highest BCUT2D eigenvalue weighted by atomic mass is 127. The Morgan fingerprint density at radius 1 is 1.10 bits per heavy atom. The summed E-state index contributed by atoms with van der Waals surface area (Å²) in [6, 6.07) is 13.9. The summed E-state index contributed by atoms with van der Waals surface area (Å²) in [5, 5.41) is 5.82. The van der Waals surface area contributed by atoms with Gasteiger partial charge in [-0.15, -0.1) is 0 Å². The molecular weight excluding hydrogens is 406 g/mol. The fourth-order valence-electron chi connectivity index (χ4n) is 2.10. The second kappa shape index (κ2) is 5.84. The Bertz CT molecular complexity index is 768. The maximum atomic E-state index is 6.38. The van der Waals surface area contributed by atoms with Gasteiger partial charge in [0.1, 0.15) is 0 Å². The van der Waals surface area contributed by atoms with E-state index in [0.29, 0.717) is 11.6 Å². The van der Waals surface area contributed by atoms with Crippen molar-refractivity contribution in [3.63, 3.8) is 0 Å². The predicted molar refractivity (Wildman–Crippen MR) is 94.8 cm³/mol. The third-order valence-electron chi connectivity index (χ3n) is 3.10. The summed E-state index contributed by atoms with van der Waals surface area (Å²) in [6.45, 7) is 0.605. The number of aromatic amines is 1. The number of halogens is 3. The molecule has 5 heteroatoms. The molecule has 20 heavy (non-hydrogen) atoms. The van der Waals surface area contributed by atoms with Crippen molar-refractivity contribution >= 4 is 62.4 Å². The molecule has 3 aromatic rings. The zero-order chi connectivity index (χ0) is 14.1. The van der Waals surface area contributed by atoms with Crippen molar-refractivity contribution in [2.75, 3.05) is 5.32 Å². The van der Waals surface area contributed by atoms with Crippen LogP contribution >= 0.6 is 45.8 Å². The molecule has 0 aliphatic carbocycles. The quantitative estimate of drug-likeness (QED) is 0.527. The van der Waals surface area contributed by atoms with Gasteiger partial charge in [0.15, 0.2) is 0 Å². The van der Waals surface area contributed by atoms with Gasteiger partial charge in [-0.3, -0.25) is 0 Å². The maximum Gasteiger partial charge on any atom is 0.0710 e. The molecule has 0 aliphatic heterocycles. The molecule has 0 radical (unpaired) electrons. The lowest BCUT2D eigenvalue weighted by Gasteiger charge is -2.08. The van der Waals surface area contributed by atoms with Gasteiger partial charge in [0.25, 0.3) is 0 Å². The first kappa shape index (κ1) is 14.0. The molecule has 1 heterocycles. The van der Waals surface area contributed by atoms with Gasteiger partial charge in [0.05, 0.1) is 28.0 Å². The Morgan fingerprint density at radius 2 is 1.90 bits per heavy atom. The first-order chi connectivity index (χ1) is 9.65. The van der Waals surface area contributed by atoms with E-state index in [9.17, 15) is 0 Å². The Morgan fingerprint density at radius 3 is 2.65 bits per heavy atom. The van der Waals surface area contributed by atoms with E-state index < -0.39 is 0 Å². The van der Waals surface area contributed by atoms with Crippen molar-refractivity contribution in [1.82, 2.24) is 4.98 Å². The minimum absolute atomic E-state index is 0.605. The van der Waals surface area contributed by atoms with Gasteiger partial charge >= 0.3 is 0 Å².